The van der Waals surface area contributed by atoms with E-state index >= 15 is 0 Å². The molecule has 0 radical (unpaired) electrons. The number of benzene rings is 1. The lowest BCUT2D eigenvalue weighted by Gasteiger charge is -2.21. The second-order valence-corrected chi connectivity index (χ2v) is 7.57. The molecular formula is C20H27N3O3. The molecule has 6 nitrogen and oxygen atoms in total. The number of nitrogens with zero attached hydrogens (tertiary/aromatic N) is 3. The number of amides is 3. The SMILES string of the molecule is CN(Cc1ccc(N(C)C)cc1)C(=O)CN1C(=O)C2CCCCC2C1=O. The van der Waals surface area contributed by atoms with Gasteiger partial charge >= 0.3 is 0 Å². The van der Waals surface area contributed by atoms with E-state index in [1.807, 2.05) is 43.3 Å². The molecule has 1 aliphatic carbocycles. The molecule has 0 bridgehead atoms. The smallest absolute Gasteiger partial charge is 0.242 e. The van der Waals surface area contributed by atoms with Crippen LogP contribution in [0.15, 0.2) is 24.3 Å². The van der Waals surface area contributed by atoms with Gasteiger partial charge in [0.15, 0.2) is 0 Å². The fourth-order valence-electron chi connectivity index (χ4n) is 3.90. The van der Waals surface area contributed by atoms with E-state index in [2.05, 4.69) is 0 Å². The first kappa shape index (κ1) is 18.4. The number of carbonyl (C=O) groups excluding carboxylic acids is 3. The van der Waals surface area contributed by atoms with Gasteiger partial charge in [-0.25, -0.2) is 0 Å². The zero-order chi connectivity index (χ0) is 18.8. The molecule has 3 amide bonds. The van der Waals surface area contributed by atoms with Crippen LogP contribution in [0, 0.1) is 11.8 Å². The molecule has 1 saturated heterocycles. The first-order valence-electron chi connectivity index (χ1n) is 9.24. The Labute approximate surface area is 154 Å². The highest BCUT2D eigenvalue weighted by Crippen LogP contribution is 2.37. The van der Waals surface area contributed by atoms with Crippen LogP contribution in [0.2, 0.25) is 0 Å². The number of rotatable bonds is 5. The quantitative estimate of drug-likeness (QED) is 0.755. The van der Waals surface area contributed by atoms with Gasteiger partial charge in [0.05, 0.1) is 11.8 Å². The average molecular weight is 357 g/mol. The molecule has 2 atom stereocenters. The van der Waals surface area contributed by atoms with E-state index in [4.69, 9.17) is 0 Å². The van der Waals surface area contributed by atoms with Crippen LogP contribution in [0.3, 0.4) is 0 Å². The van der Waals surface area contributed by atoms with Crippen molar-refractivity contribution in [3.63, 3.8) is 0 Å². The molecule has 0 aromatic heterocycles. The molecule has 6 heteroatoms. The molecule has 0 N–H and O–H groups in total. The number of hydrogen-bond donors (Lipinski definition) is 0. The first-order chi connectivity index (χ1) is 12.4. The van der Waals surface area contributed by atoms with Gasteiger partial charge < -0.3 is 9.80 Å². The standard InChI is InChI=1S/C20H27N3O3/c1-21(2)15-10-8-14(9-11-15)12-22(3)18(24)13-23-19(25)16-6-4-5-7-17(16)20(23)26/h8-11,16-17H,4-7,12-13H2,1-3H3. The lowest BCUT2D eigenvalue weighted by atomic mass is 9.81. The summed E-state index contributed by atoms with van der Waals surface area (Å²) >= 11 is 0. The van der Waals surface area contributed by atoms with Crippen molar-refractivity contribution in [2.45, 2.75) is 32.2 Å². The van der Waals surface area contributed by atoms with Crippen molar-refractivity contribution < 1.29 is 14.4 Å². The lowest BCUT2D eigenvalue weighted by molar-refractivity contribution is -0.146. The Morgan fingerprint density at radius 1 is 1.00 bits per heavy atom. The van der Waals surface area contributed by atoms with Crippen molar-refractivity contribution in [3.8, 4) is 0 Å². The fraction of sp³-hybridized carbons (Fsp3) is 0.550. The number of anilines is 1. The van der Waals surface area contributed by atoms with Gasteiger partial charge in [0.25, 0.3) is 0 Å². The topological polar surface area (TPSA) is 60.9 Å². The van der Waals surface area contributed by atoms with E-state index in [0.717, 1.165) is 36.9 Å². The lowest BCUT2D eigenvalue weighted by Crippen LogP contribution is -2.41. The summed E-state index contributed by atoms with van der Waals surface area (Å²) in [4.78, 5) is 42.3. The van der Waals surface area contributed by atoms with Crippen LogP contribution >= 0.6 is 0 Å². The van der Waals surface area contributed by atoms with Crippen LogP contribution in [0.4, 0.5) is 5.69 Å². The van der Waals surface area contributed by atoms with Crippen molar-refractivity contribution in [2.24, 2.45) is 11.8 Å². The van der Waals surface area contributed by atoms with Gasteiger partial charge in [-0.05, 0) is 30.5 Å². The van der Waals surface area contributed by atoms with E-state index in [1.54, 1.807) is 11.9 Å². The summed E-state index contributed by atoms with van der Waals surface area (Å²) in [5.41, 5.74) is 2.11. The fourth-order valence-corrected chi connectivity index (χ4v) is 3.90. The van der Waals surface area contributed by atoms with Crippen molar-refractivity contribution >= 4 is 23.4 Å². The molecule has 1 aromatic carbocycles. The predicted octanol–water partition coefficient (Wildman–Crippen LogP) is 1.89. The van der Waals surface area contributed by atoms with Gasteiger partial charge in [-0.15, -0.1) is 0 Å². The highest BCUT2D eigenvalue weighted by atomic mass is 16.2. The van der Waals surface area contributed by atoms with Gasteiger partial charge in [-0.2, -0.15) is 0 Å². The van der Waals surface area contributed by atoms with Gasteiger partial charge in [-0.3, -0.25) is 19.3 Å². The Morgan fingerprint density at radius 3 is 2.04 bits per heavy atom. The van der Waals surface area contributed by atoms with Gasteiger partial charge in [0.1, 0.15) is 6.54 Å². The van der Waals surface area contributed by atoms with E-state index in [9.17, 15) is 14.4 Å². The van der Waals surface area contributed by atoms with Gasteiger partial charge in [0.2, 0.25) is 17.7 Å². The maximum absolute atomic E-state index is 12.5. The molecular weight excluding hydrogens is 330 g/mol. The number of hydrogen-bond acceptors (Lipinski definition) is 4. The number of fused-ring (bicyclic) bond motifs is 1. The normalized spacial score (nSPS) is 22.3. The Kier molecular flexibility index (Phi) is 5.30. The maximum Gasteiger partial charge on any atom is 0.242 e. The van der Waals surface area contributed by atoms with Crippen LogP contribution in [-0.2, 0) is 20.9 Å². The number of carbonyl (C=O) groups is 3. The molecule has 2 unspecified atom stereocenters. The third-order valence-electron chi connectivity index (χ3n) is 5.52. The average Bonchev–Trinajstić information content (AvgIpc) is 2.87. The molecule has 2 fully saturated rings. The minimum Gasteiger partial charge on any atom is -0.378 e. The van der Waals surface area contributed by atoms with Gasteiger partial charge in [0, 0.05) is 33.4 Å². The van der Waals surface area contributed by atoms with Crippen molar-refractivity contribution in [1.82, 2.24) is 9.80 Å². The second kappa shape index (κ2) is 7.48. The molecule has 0 spiro atoms. The van der Waals surface area contributed by atoms with Crippen LogP contribution in [-0.4, -0.2) is 55.2 Å². The summed E-state index contributed by atoms with van der Waals surface area (Å²) in [5, 5.41) is 0. The predicted molar refractivity (Wildman–Crippen MR) is 99.4 cm³/mol. The molecule has 1 aromatic rings. The monoisotopic (exact) mass is 357 g/mol. The van der Waals surface area contributed by atoms with E-state index in [0.29, 0.717) is 6.54 Å². The zero-order valence-electron chi connectivity index (χ0n) is 15.8. The minimum atomic E-state index is -0.206. The summed E-state index contributed by atoms with van der Waals surface area (Å²) in [7, 11) is 5.67. The molecule has 3 rings (SSSR count). The molecule has 1 heterocycles. The van der Waals surface area contributed by atoms with Crippen molar-refractivity contribution in [3.05, 3.63) is 29.8 Å². The van der Waals surface area contributed by atoms with Crippen molar-refractivity contribution in [2.75, 3.05) is 32.6 Å². The van der Waals surface area contributed by atoms with Gasteiger partial charge in [-0.1, -0.05) is 25.0 Å². The zero-order valence-corrected chi connectivity index (χ0v) is 15.8. The molecule has 26 heavy (non-hydrogen) atoms. The molecule has 1 saturated carbocycles. The summed E-state index contributed by atoms with van der Waals surface area (Å²) in [5.74, 6) is -0.920. The maximum atomic E-state index is 12.5. The Hall–Kier alpha value is -2.37. The molecule has 2 aliphatic rings. The van der Waals surface area contributed by atoms with E-state index in [-0.39, 0.29) is 36.1 Å². The largest absolute Gasteiger partial charge is 0.378 e. The second-order valence-electron chi connectivity index (χ2n) is 7.57. The highest BCUT2D eigenvalue weighted by molar-refractivity contribution is 6.07. The third kappa shape index (κ3) is 3.59. The summed E-state index contributed by atoms with van der Waals surface area (Å²) in [6, 6.07) is 7.98. The summed E-state index contributed by atoms with van der Waals surface area (Å²) in [6.07, 6.45) is 3.53. The molecule has 1 aliphatic heterocycles. The first-order valence-corrected chi connectivity index (χ1v) is 9.24. The van der Waals surface area contributed by atoms with Crippen LogP contribution in [0.25, 0.3) is 0 Å². The summed E-state index contributed by atoms with van der Waals surface area (Å²) < 4.78 is 0. The number of imide groups is 1. The third-order valence-corrected chi connectivity index (χ3v) is 5.52. The van der Waals surface area contributed by atoms with Crippen LogP contribution in [0.5, 0.6) is 0 Å². The van der Waals surface area contributed by atoms with Crippen molar-refractivity contribution in [1.29, 1.82) is 0 Å². The van der Waals surface area contributed by atoms with E-state index < -0.39 is 0 Å². The Balaban J connectivity index is 1.60. The van der Waals surface area contributed by atoms with Crippen LogP contribution in [0.1, 0.15) is 31.2 Å². The number of likely N-dealkylation sites (N-methyl/N-ethyl adjacent to an activating group) is 1. The summed E-state index contributed by atoms with van der Waals surface area (Å²) in [6.45, 7) is 0.312. The Morgan fingerprint density at radius 2 is 1.54 bits per heavy atom. The van der Waals surface area contributed by atoms with Crippen LogP contribution < -0.4 is 4.90 Å². The molecule has 140 valence electrons. The van der Waals surface area contributed by atoms with E-state index in [1.165, 1.54) is 4.90 Å². The number of likely N-dealkylation sites (tertiary alicyclic amines) is 1. The Bertz CT molecular complexity index is 675. The minimum absolute atomic E-state index is 0.142. The highest BCUT2D eigenvalue weighted by Gasteiger charge is 2.48.